The third-order valence-electron chi connectivity index (χ3n) is 10.8. The molecule has 306 valence electrons. The smallest absolute Gasteiger partial charge is 0.328 e. The molecule has 7 rings (SSSR count). The van der Waals surface area contributed by atoms with E-state index in [0.717, 1.165) is 70.8 Å². The van der Waals surface area contributed by atoms with E-state index in [-0.39, 0.29) is 36.0 Å². The first-order valence-electron chi connectivity index (χ1n) is 19.8. The van der Waals surface area contributed by atoms with Crippen molar-refractivity contribution in [3.05, 3.63) is 165 Å². The monoisotopic (exact) mass is 799 g/mol. The predicted molar refractivity (Wildman–Crippen MR) is 223 cm³/mol. The van der Waals surface area contributed by atoms with Gasteiger partial charge in [0, 0.05) is 75.5 Å². The fourth-order valence-corrected chi connectivity index (χ4v) is 7.60. The Morgan fingerprint density at radius 2 is 1.51 bits per heavy atom. The minimum Gasteiger partial charge on any atom is -0.467 e. The Balaban J connectivity index is 1.01. The molecule has 0 spiro atoms. The molecule has 2 saturated heterocycles. The van der Waals surface area contributed by atoms with Gasteiger partial charge in [0.15, 0.2) is 6.29 Å². The number of nitro benzene ring substituents is 1. The summed E-state index contributed by atoms with van der Waals surface area (Å²) in [5, 5.41) is 26.4. The zero-order valence-corrected chi connectivity index (χ0v) is 32.9. The molecule has 2 heterocycles. The number of rotatable bonds is 14. The zero-order valence-electron chi connectivity index (χ0n) is 32.9. The summed E-state index contributed by atoms with van der Waals surface area (Å²) in [5.41, 5.74) is 7.48. The molecule has 2 amide bonds. The molecule has 4 unspecified atom stereocenters. The maximum atomic E-state index is 12.9. The van der Waals surface area contributed by atoms with Crippen molar-refractivity contribution in [2.75, 3.05) is 44.7 Å². The molecule has 5 aromatic rings. The van der Waals surface area contributed by atoms with Crippen LogP contribution < -0.4 is 15.5 Å². The quantitative estimate of drug-likeness (QED) is 0.0628. The molecule has 4 atom stereocenters. The number of methoxy groups -OCH3 is 1. The van der Waals surface area contributed by atoms with Crippen molar-refractivity contribution < 1.29 is 33.8 Å². The van der Waals surface area contributed by atoms with Crippen molar-refractivity contribution in [3.8, 4) is 11.1 Å². The first kappa shape index (κ1) is 41.1. The second-order valence-electron chi connectivity index (χ2n) is 14.8. The molecule has 2 aliphatic rings. The van der Waals surface area contributed by atoms with Gasteiger partial charge in [-0.25, -0.2) is 9.59 Å². The Hall–Kier alpha value is -6.12. The number of amides is 2. The van der Waals surface area contributed by atoms with Crippen molar-refractivity contribution in [2.24, 2.45) is 0 Å². The molecule has 0 radical (unpaired) electrons. The molecule has 3 N–H and O–H groups in total. The Morgan fingerprint density at radius 3 is 2.20 bits per heavy atom. The lowest BCUT2D eigenvalue weighted by Gasteiger charge is -2.41. The van der Waals surface area contributed by atoms with E-state index in [1.54, 1.807) is 12.1 Å². The number of urea groups is 1. The van der Waals surface area contributed by atoms with Crippen LogP contribution in [0.3, 0.4) is 0 Å². The van der Waals surface area contributed by atoms with Gasteiger partial charge in [-0.3, -0.25) is 15.0 Å². The van der Waals surface area contributed by atoms with E-state index in [0.29, 0.717) is 19.4 Å². The van der Waals surface area contributed by atoms with Crippen LogP contribution in [0.4, 0.5) is 16.2 Å². The number of hydrogen-bond acceptors (Lipinski definition) is 10. The Labute approximate surface area is 343 Å². The van der Waals surface area contributed by atoms with Crippen LogP contribution in [0.1, 0.15) is 46.6 Å². The van der Waals surface area contributed by atoms with Crippen molar-refractivity contribution in [2.45, 2.75) is 50.5 Å². The average molecular weight is 800 g/mol. The maximum absolute atomic E-state index is 12.9. The third-order valence-corrected chi connectivity index (χ3v) is 10.8. The van der Waals surface area contributed by atoms with E-state index < -0.39 is 24.3 Å². The molecule has 0 aromatic heterocycles. The molecule has 59 heavy (non-hydrogen) atoms. The van der Waals surface area contributed by atoms with Crippen LogP contribution in [0.25, 0.3) is 11.1 Å². The summed E-state index contributed by atoms with van der Waals surface area (Å²) in [6.45, 7) is 4.15. The summed E-state index contributed by atoms with van der Waals surface area (Å²) in [4.78, 5) is 40.8. The highest BCUT2D eigenvalue weighted by Gasteiger charge is 2.34. The molecule has 0 aliphatic carbocycles. The van der Waals surface area contributed by atoms with Gasteiger partial charge in [0.2, 0.25) is 0 Å². The normalized spacial score (nSPS) is 18.7. The number of esters is 1. The third kappa shape index (κ3) is 10.9. The molecule has 5 aromatic carbocycles. The minimum absolute atomic E-state index is 0.0338. The number of non-ortho nitro benzene ring substituents is 1. The van der Waals surface area contributed by atoms with Crippen LogP contribution in [0.5, 0.6) is 0 Å². The number of ether oxygens (including phenoxy) is 3. The molecule has 2 fully saturated rings. The van der Waals surface area contributed by atoms with Crippen molar-refractivity contribution in [1.82, 2.24) is 15.5 Å². The first-order valence-corrected chi connectivity index (χ1v) is 19.8. The number of carbonyl (C=O) groups is 2. The lowest BCUT2D eigenvalue weighted by Crippen LogP contribution is -2.49. The number of nitro groups is 1. The summed E-state index contributed by atoms with van der Waals surface area (Å²) in [6.07, 6.45) is -0.0277. The van der Waals surface area contributed by atoms with E-state index in [1.165, 1.54) is 7.11 Å². The van der Waals surface area contributed by atoms with Crippen LogP contribution in [-0.4, -0.2) is 78.9 Å². The second kappa shape index (κ2) is 19.6. The van der Waals surface area contributed by atoms with Crippen LogP contribution >= 0.6 is 0 Å². The van der Waals surface area contributed by atoms with Crippen LogP contribution in [-0.2, 0) is 38.6 Å². The van der Waals surface area contributed by atoms with Gasteiger partial charge < -0.3 is 34.9 Å². The topological polar surface area (TPSA) is 156 Å². The summed E-state index contributed by atoms with van der Waals surface area (Å²) in [6, 6.07) is 38.7. The molecular weight excluding hydrogens is 751 g/mol. The lowest BCUT2D eigenvalue weighted by molar-refractivity contribution is -0.384. The molecule has 0 saturated carbocycles. The number of piperazine rings is 1. The van der Waals surface area contributed by atoms with Crippen LogP contribution in [0.15, 0.2) is 127 Å². The van der Waals surface area contributed by atoms with Gasteiger partial charge in [-0.1, -0.05) is 91.0 Å². The molecular formula is C46H49N5O8. The van der Waals surface area contributed by atoms with Gasteiger partial charge in [0.25, 0.3) is 5.69 Å². The van der Waals surface area contributed by atoms with E-state index in [4.69, 9.17) is 14.2 Å². The number of aliphatic hydroxyl groups is 1. The molecule has 13 heteroatoms. The summed E-state index contributed by atoms with van der Waals surface area (Å²) >= 11 is 0. The maximum Gasteiger partial charge on any atom is 0.328 e. The number of anilines is 1. The van der Waals surface area contributed by atoms with Crippen molar-refractivity contribution in [3.63, 3.8) is 0 Å². The van der Waals surface area contributed by atoms with Crippen LogP contribution in [0.2, 0.25) is 0 Å². The standard InChI is InChI=1S/C46H49N5O8/c1-57-44(53)42(26-32-7-3-2-4-8-32)48-46(54)47-29-34-9-5-10-36(25-34)37-11-6-12-38(27-37)45-58-41(28-43(59-45)35-15-13-33(31-52)14-16-35)30-49-21-23-50(24-22-49)39-17-19-40(20-18-39)51(55)56/h2-20,25,27,41-43,45,52H,21-24,26,28-31H2,1H3,(H2,47,48,54). The van der Waals surface area contributed by atoms with Gasteiger partial charge in [-0.15, -0.1) is 0 Å². The number of hydrogen-bond donors (Lipinski definition) is 3. The first-order chi connectivity index (χ1) is 28.7. The summed E-state index contributed by atoms with van der Waals surface area (Å²) in [5.74, 6) is -0.520. The number of aliphatic hydroxyl groups excluding tert-OH is 1. The zero-order chi connectivity index (χ0) is 41.1. The number of nitrogens with one attached hydrogen (secondary N) is 2. The highest BCUT2D eigenvalue weighted by molar-refractivity contribution is 5.83. The van der Waals surface area contributed by atoms with Gasteiger partial charge in [-0.05, 0) is 57.6 Å². The Bertz CT molecular complexity index is 2180. The fourth-order valence-electron chi connectivity index (χ4n) is 7.60. The van der Waals surface area contributed by atoms with E-state index >= 15 is 0 Å². The Morgan fingerprint density at radius 1 is 0.814 bits per heavy atom. The summed E-state index contributed by atoms with van der Waals surface area (Å²) in [7, 11) is 1.30. The second-order valence-corrected chi connectivity index (χ2v) is 14.8. The van der Waals surface area contributed by atoms with E-state index in [1.807, 2.05) is 109 Å². The lowest BCUT2D eigenvalue weighted by atomic mass is 9.98. The summed E-state index contributed by atoms with van der Waals surface area (Å²) < 4.78 is 18.3. The molecule has 2 aliphatic heterocycles. The van der Waals surface area contributed by atoms with E-state index in [9.17, 15) is 24.8 Å². The predicted octanol–water partition coefficient (Wildman–Crippen LogP) is 6.71. The van der Waals surface area contributed by atoms with Crippen LogP contribution in [0, 0.1) is 10.1 Å². The number of benzene rings is 5. The van der Waals surface area contributed by atoms with Gasteiger partial charge >= 0.3 is 12.0 Å². The largest absolute Gasteiger partial charge is 0.467 e. The van der Waals surface area contributed by atoms with Crippen molar-refractivity contribution >= 4 is 23.4 Å². The highest BCUT2D eigenvalue weighted by Crippen LogP contribution is 2.39. The Kier molecular flexibility index (Phi) is 13.6. The van der Waals surface area contributed by atoms with E-state index in [2.05, 4.69) is 26.5 Å². The number of nitrogens with zero attached hydrogens (tertiary/aromatic N) is 3. The minimum atomic E-state index is -0.834. The molecule has 0 bridgehead atoms. The SMILES string of the molecule is COC(=O)C(Cc1ccccc1)NC(=O)NCc1cccc(-c2cccc(C3OC(CN4CCN(c5ccc([N+](=O)[O-])cc5)CC4)CC(c4ccc(CO)cc4)O3)c2)c1. The van der Waals surface area contributed by atoms with Crippen molar-refractivity contribution in [1.29, 1.82) is 0 Å². The van der Waals surface area contributed by atoms with Gasteiger partial charge in [0.1, 0.15) is 6.04 Å². The highest BCUT2D eigenvalue weighted by atomic mass is 16.7. The fraction of sp³-hybridized carbons (Fsp3) is 0.304. The van der Waals surface area contributed by atoms with Gasteiger partial charge in [0.05, 0.1) is 30.8 Å². The number of carbonyl (C=O) groups excluding carboxylic acids is 2. The van der Waals surface area contributed by atoms with Gasteiger partial charge in [-0.2, -0.15) is 0 Å². The average Bonchev–Trinajstić information content (AvgIpc) is 3.28. The molecule has 13 nitrogen and oxygen atoms in total.